The van der Waals surface area contributed by atoms with E-state index in [-0.39, 0.29) is 5.91 Å². The van der Waals surface area contributed by atoms with E-state index >= 15 is 0 Å². The molecule has 0 aliphatic carbocycles. The Bertz CT molecular complexity index is 401. The molecule has 0 aliphatic rings. The number of rotatable bonds is 7. The van der Waals surface area contributed by atoms with Gasteiger partial charge in [-0.15, -0.1) is 0 Å². The normalized spacial score (nSPS) is 11.6. The van der Waals surface area contributed by atoms with Gasteiger partial charge in [-0.25, -0.2) is 5.84 Å². The Labute approximate surface area is 112 Å². The second-order valence-electron chi connectivity index (χ2n) is 3.95. The van der Waals surface area contributed by atoms with Crippen LogP contribution in [-0.2, 0) is 4.79 Å². The molecule has 0 radical (unpaired) electrons. The summed E-state index contributed by atoms with van der Waals surface area (Å²) in [7, 11) is 3.10. The van der Waals surface area contributed by atoms with Crippen LogP contribution < -0.4 is 25.5 Å². The van der Waals surface area contributed by atoms with Crippen LogP contribution in [0.1, 0.15) is 19.8 Å². The molecule has 106 valence electrons. The van der Waals surface area contributed by atoms with E-state index in [2.05, 4.69) is 5.43 Å². The number of benzene rings is 1. The number of amides is 1. The number of nitrogens with one attached hydrogen (secondary N) is 1. The van der Waals surface area contributed by atoms with Crippen molar-refractivity contribution in [1.82, 2.24) is 5.43 Å². The van der Waals surface area contributed by atoms with Crippen LogP contribution in [0.2, 0.25) is 0 Å². The van der Waals surface area contributed by atoms with Gasteiger partial charge in [0.2, 0.25) is 0 Å². The lowest BCUT2D eigenvalue weighted by atomic mass is 10.2. The first-order chi connectivity index (χ1) is 9.14. The highest BCUT2D eigenvalue weighted by atomic mass is 16.5. The molecule has 3 N–H and O–H groups in total. The smallest absolute Gasteiger partial charge is 0.274 e. The maximum Gasteiger partial charge on any atom is 0.274 e. The number of carbonyl (C=O) groups excluding carboxylic acids is 1. The molecule has 1 aromatic rings. The third kappa shape index (κ3) is 4.33. The minimum Gasteiger partial charge on any atom is -0.496 e. The summed E-state index contributed by atoms with van der Waals surface area (Å²) in [6, 6.07) is 5.11. The number of methoxy groups -OCH3 is 2. The lowest BCUT2D eigenvalue weighted by Crippen LogP contribution is -2.42. The molecular weight excluding hydrogens is 248 g/mol. The van der Waals surface area contributed by atoms with Gasteiger partial charge in [0.05, 0.1) is 14.2 Å². The topological polar surface area (TPSA) is 82.8 Å². The van der Waals surface area contributed by atoms with Gasteiger partial charge in [0.15, 0.2) is 6.10 Å². The van der Waals surface area contributed by atoms with E-state index in [1.165, 1.54) is 0 Å². The highest BCUT2D eigenvalue weighted by Crippen LogP contribution is 2.28. The summed E-state index contributed by atoms with van der Waals surface area (Å²) in [6.45, 7) is 1.96. The maximum absolute atomic E-state index is 11.6. The van der Waals surface area contributed by atoms with Gasteiger partial charge >= 0.3 is 0 Å². The van der Waals surface area contributed by atoms with Crippen molar-refractivity contribution < 1.29 is 19.0 Å². The zero-order chi connectivity index (χ0) is 14.3. The van der Waals surface area contributed by atoms with Crippen molar-refractivity contribution in [2.45, 2.75) is 25.9 Å². The zero-order valence-electron chi connectivity index (χ0n) is 11.4. The molecule has 19 heavy (non-hydrogen) atoms. The van der Waals surface area contributed by atoms with Crippen LogP contribution in [0.25, 0.3) is 0 Å². The van der Waals surface area contributed by atoms with E-state index in [0.717, 1.165) is 6.42 Å². The fourth-order valence-electron chi connectivity index (χ4n) is 1.61. The molecule has 1 atom stereocenters. The van der Waals surface area contributed by atoms with Gasteiger partial charge in [0, 0.05) is 18.2 Å². The molecule has 1 rings (SSSR count). The first kappa shape index (κ1) is 15.1. The predicted molar refractivity (Wildman–Crippen MR) is 71.2 cm³/mol. The maximum atomic E-state index is 11.6. The van der Waals surface area contributed by atoms with Crippen LogP contribution in [-0.4, -0.2) is 26.2 Å². The SMILES string of the molecule is CCCC(Oc1cc(OC)cc(OC)c1)C(=O)NN. The van der Waals surface area contributed by atoms with Gasteiger partial charge in [-0.2, -0.15) is 0 Å². The van der Waals surface area contributed by atoms with Crippen molar-refractivity contribution in [3.63, 3.8) is 0 Å². The molecule has 6 heteroatoms. The predicted octanol–water partition coefficient (Wildman–Crippen LogP) is 1.24. The van der Waals surface area contributed by atoms with Crippen molar-refractivity contribution in [2.24, 2.45) is 5.84 Å². The first-order valence-electron chi connectivity index (χ1n) is 6.04. The van der Waals surface area contributed by atoms with Crippen molar-refractivity contribution in [3.05, 3.63) is 18.2 Å². The third-order valence-electron chi connectivity index (χ3n) is 2.59. The van der Waals surface area contributed by atoms with Crippen LogP contribution >= 0.6 is 0 Å². The molecule has 0 spiro atoms. The third-order valence-corrected chi connectivity index (χ3v) is 2.59. The van der Waals surface area contributed by atoms with Crippen molar-refractivity contribution in [1.29, 1.82) is 0 Å². The molecule has 0 heterocycles. The van der Waals surface area contributed by atoms with Crippen LogP contribution in [0.3, 0.4) is 0 Å². The van der Waals surface area contributed by atoms with Gasteiger partial charge < -0.3 is 14.2 Å². The lowest BCUT2D eigenvalue weighted by Gasteiger charge is -2.17. The largest absolute Gasteiger partial charge is 0.496 e. The average molecular weight is 268 g/mol. The summed E-state index contributed by atoms with van der Waals surface area (Å²) >= 11 is 0. The minimum absolute atomic E-state index is 0.358. The fourth-order valence-corrected chi connectivity index (χ4v) is 1.61. The van der Waals surface area contributed by atoms with Gasteiger partial charge in [-0.3, -0.25) is 10.2 Å². The van der Waals surface area contributed by atoms with Crippen LogP contribution in [0.5, 0.6) is 17.2 Å². The molecule has 0 fully saturated rings. The van der Waals surface area contributed by atoms with E-state index < -0.39 is 6.10 Å². The molecule has 0 saturated carbocycles. The second-order valence-corrected chi connectivity index (χ2v) is 3.95. The highest BCUT2D eigenvalue weighted by molar-refractivity contribution is 5.80. The standard InChI is InChI=1S/C13H20N2O4/c1-4-5-12(13(16)15-14)19-11-7-9(17-2)6-10(8-11)18-3/h6-8,12H,4-5,14H2,1-3H3,(H,15,16). The molecule has 1 unspecified atom stereocenters. The summed E-state index contributed by atoms with van der Waals surface area (Å²) in [5.74, 6) is 6.47. The van der Waals surface area contributed by atoms with Gasteiger partial charge in [0.1, 0.15) is 17.2 Å². The molecule has 1 amide bonds. The Kier molecular flexibility index (Phi) is 5.95. The monoisotopic (exact) mass is 268 g/mol. The number of ether oxygens (including phenoxy) is 3. The Morgan fingerprint density at radius 2 is 1.74 bits per heavy atom. The molecule has 0 aliphatic heterocycles. The number of nitrogens with two attached hydrogens (primary N) is 1. The molecule has 0 bridgehead atoms. The van der Waals surface area contributed by atoms with E-state index in [1.807, 2.05) is 6.92 Å². The highest BCUT2D eigenvalue weighted by Gasteiger charge is 2.19. The minimum atomic E-state index is -0.633. The van der Waals surface area contributed by atoms with Crippen molar-refractivity contribution in [3.8, 4) is 17.2 Å². The summed E-state index contributed by atoms with van der Waals surface area (Å²) in [6.07, 6.45) is 0.744. The van der Waals surface area contributed by atoms with Gasteiger partial charge in [0.25, 0.3) is 5.91 Å². The molecular formula is C13H20N2O4. The van der Waals surface area contributed by atoms with Crippen LogP contribution in [0.4, 0.5) is 0 Å². The van der Waals surface area contributed by atoms with Crippen molar-refractivity contribution >= 4 is 5.91 Å². The molecule has 0 saturated heterocycles. The number of carbonyl (C=O) groups is 1. The molecule has 0 aromatic heterocycles. The number of hydrazine groups is 1. The first-order valence-corrected chi connectivity index (χ1v) is 6.04. The van der Waals surface area contributed by atoms with E-state index in [0.29, 0.717) is 23.7 Å². The summed E-state index contributed by atoms with van der Waals surface area (Å²) < 4.78 is 15.9. The number of hydrogen-bond donors (Lipinski definition) is 2. The molecule has 1 aromatic carbocycles. The fraction of sp³-hybridized carbons (Fsp3) is 0.462. The van der Waals surface area contributed by atoms with Crippen LogP contribution in [0, 0.1) is 0 Å². The number of hydrogen-bond acceptors (Lipinski definition) is 5. The Hall–Kier alpha value is -1.95. The Morgan fingerprint density at radius 1 is 1.21 bits per heavy atom. The average Bonchev–Trinajstić information content (AvgIpc) is 2.45. The molecule has 6 nitrogen and oxygen atoms in total. The second kappa shape index (κ2) is 7.48. The quantitative estimate of drug-likeness (QED) is 0.441. The van der Waals surface area contributed by atoms with Gasteiger partial charge in [-0.05, 0) is 6.42 Å². The lowest BCUT2D eigenvalue weighted by molar-refractivity contribution is -0.128. The summed E-state index contributed by atoms with van der Waals surface area (Å²) in [5.41, 5.74) is 2.10. The Morgan fingerprint density at radius 3 is 2.16 bits per heavy atom. The van der Waals surface area contributed by atoms with Crippen LogP contribution in [0.15, 0.2) is 18.2 Å². The van der Waals surface area contributed by atoms with E-state index in [1.54, 1.807) is 32.4 Å². The summed E-state index contributed by atoms with van der Waals surface area (Å²) in [4.78, 5) is 11.6. The zero-order valence-corrected chi connectivity index (χ0v) is 11.4. The van der Waals surface area contributed by atoms with E-state index in [4.69, 9.17) is 20.1 Å². The van der Waals surface area contributed by atoms with Gasteiger partial charge in [-0.1, -0.05) is 13.3 Å². The Balaban J connectivity index is 2.91. The van der Waals surface area contributed by atoms with E-state index in [9.17, 15) is 4.79 Å². The van der Waals surface area contributed by atoms with Crippen molar-refractivity contribution in [2.75, 3.05) is 14.2 Å². The summed E-state index contributed by atoms with van der Waals surface area (Å²) in [5, 5.41) is 0.